The van der Waals surface area contributed by atoms with Crippen molar-refractivity contribution in [2.75, 3.05) is 25.5 Å². The molecule has 5 aromatic rings. The monoisotopic (exact) mass is 785 g/mol. The number of fused-ring (bicyclic) bond motifs is 1. The highest BCUT2D eigenvalue weighted by molar-refractivity contribution is 7.52. The molecular weight excluding hydrogens is 737 g/mol. The van der Waals surface area contributed by atoms with E-state index in [1.54, 1.807) is 52.4 Å². The summed E-state index contributed by atoms with van der Waals surface area (Å²) in [5.41, 5.74) is 3.96. The van der Waals surface area contributed by atoms with E-state index in [9.17, 15) is 19.0 Å². The van der Waals surface area contributed by atoms with Crippen LogP contribution < -0.4 is 5.48 Å². The molecule has 1 unspecified atom stereocenters. The molecule has 0 aliphatic heterocycles. The molecule has 0 amide bonds. The van der Waals surface area contributed by atoms with Crippen LogP contribution in [0.2, 0.25) is 0 Å². The molecule has 0 bridgehead atoms. The Hall–Kier alpha value is -5.24. The average Bonchev–Trinajstić information content (AvgIpc) is 3.57. The van der Waals surface area contributed by atoms with E-state index in [1.807, 2.05) is 91.0 Å². The Bertz CT molecular complexity index is 2060. The number of rotatable bonds is 16. The Morgan fingerprint density at radius 2 is 1.30 bits per heavy atom. The molecule has 15 heteroatoms. The minimum absolute atomic E-state index is 0.0982. The van der Waals surface area contributed by atoms with Gasteiger partial charge in [0.1, 0.15) is 29.3 Å². The van der Waals surface area contributed by atoms with Crippen LogP contribution in [-0.2, 0) is 43.1 Å². The Morgan fingerprint density at radius 3 is 1.75 bits per heavy atom. The van der Waals surface area contributed by atoms with Crippen molar-refractivity contribution in [2.24, 2.45) is 0 Å². The number of nitrogens with zero attached hydrogens (tertiary/aromatic N) is 4. The molecule has 14 nitrogen and oxygen atoms in total. The number of imidazole rings is 1. The van der Waals surface area contributed by atoms with Crippen molar-refractivity contribution in [3.8, 4) is 0 Å². The Labute approximate surface area is 326 Å². The lowest BCUT2D eigenvalue weighted by molar-refractivity contribution is -0.179. The van der Waals surface area contributed by atoms with Crippen LogP contribution >= 0.6 is 7.60 Å². The number of anilines is 1. The minimum Gasteiger partial charge on any atom is -0.458 e. The van der Waals surface area contributed by atoms with Gasteiger partial charge in [-0.2, -0.15) is 0 Å². The highest BCUT2D eigenvalue weighted by Crippen LogP contribution is 2.45. The van der Waals surface area contributed by atoms with Gasteiger partial charge in [0.15, 0.2) is 22.8 Å². The average molecular weight is 786 g/mol. The van der Waals surface area contributed by atoms with Crippen LogP contribution in [0.25, 0.3) is 16.9 Å². The summed E-state index contributed by atoms with van der Waals surface area (Å²) in [5.74, 6) is -1.58. The second kappa shape index (κ2) is 17.3. The van der Waals surface area contributed by atoms with Gasteiger partial charge in [-0.25, -0.2) is 30.0 Å². The van der Waals surface area contributed by atoms with Gasteiger partial charge in [0.2, 0.25) is 0 Å². The van der Waals surface area contributed by atoms with Crippen molar-refractivity contribution in [1.29, 1.82) is 0 Å². The molecule has 296 valence electrons. The largest absolute Gasteiger partial charge is 0.458 e. The number of aromatic nitrogens is 4. The number of carbonyl (C=O) groups is 2. The first kappa shape index (κ1) is 41.9. The number of esters is 2. The van der Waals surface area contributed by atoms with Crippen LogP contribution in [0.1, 0.15) is 70.5 Å². The molecule has 1 atom stereocenters. The predicted molar refractivity (Wildman–Crippen MR) is 211 cm³/mol. The fourth-order valence-corrected chi connectivity index (χ4v) is 6.92. The fourth-order valence-electron chi connectivity index (χ4n) is 6.00. The van der Waals surface area contributed by atoms with Crippen molar-refractivity contribution in [1.82, 2.24) is 19.5 Å². The summed E-state index contributed by atoms with van der Waals surface area (Å²) in [6.07, 6.45) is -1.25. The van der Waals surface area contributed by atoms with E-state index >= 15 is 0 Å². The molecule has 2 aromatic heterocycles. The van der Waals surface area contributed by atoms with Crippen molar-refractivity contribution in [2.45, 2.75) is 70.7 Å². The zero-order valence-electron chi connectivity index (χ0n) is 32.6. The third-order valence-corrected chi connectivity index (χ3v) is 9.24. The van der Waals surface area contributed by atoms with E-state index in [1.165, 1.54) is 7.11 Å². The van der Waals surface area contributed by atoms with Gasteiger partial charge in [-0.05, 0) is 58.2 Å². The standard InChI is InChI=1S/C41H48N5O9P/c1-28(24-25-52-27-56(49,50)55-33(36(47)53-39(2,3)4)37(48)54-40(5,6)7)46-26-42-32-34(45-51-8)43-38(44-35(32)46)41(29-18-12-9-13-19-29,30-20-14-10-15-21-30)31-22-16-11-17-23-31/h9-23,26,33H,1,24-25,27H2,2-8H3,(H,49,50)(H,43,44,45). The van der Waals surface area contributed by atoms with E-state index in [4.69, 9.17) is 33.5 Å². The third-order valence-electron chi connectivity index (χ3n) is 8.19. The molecule has 2 N–H and O–H groups in total. The Balaban J connectivity index is 1.44. The molecule has 56 heavy (non-hydrogen) atoms. The second-order valence-electron chi connectivity index (χ2n) is 14.9. The van der Waals surface area contributed by atoms with Crippen molar-refractivity contribution in [3.63, 3.8) is 0 Å². The minimum atomic E-state index is -4.69. The van der Waals surface area contributed by atoms with E-state index in [0.29, 0.717) is 28.5 Å². The molecule has 0 fully saturated rings. The van der Waals surface area contributed by atoms with Gasteiger partial charge in [0.25, 0.3) is 6.10 Å². The van der Waals surface area contributed by atoms with Gasteiger partial charge in [-0.15, -0.1) is 0 Å². The highest BCUT2D eigenvalue weighted by Gasteiger charge is 2.43. The normalized spacial score (nSPS) is 13.3. The van der Waals surface area contributed by atoms with Gasteiger partial charge in [-0.3, -0.25) is 18.5 Å². The zero-order valence-corrected chi connectivity index (χ0v) is 33.5. The summed E-state index contributed by atoms with van der Waals surface area (Å²) in [4.78, 5) is 56.5. The van der Waals surface area contributed by atoms with Gasteiger partial charge in [-0.1, -0.05) is 97.6 Å². The van der Waals surface area contributed by atoms with E-state index in [-0.39, 0.29) is 13.0 Å². The van der Waals surface area contributed by atoms with Crippen molar-refractivity contribution < 1.29 is 42.6 Å². The lowest BCUT2D eigenvalue weighted by atomic mass is 9.68. The molecule has 0 saturated heterocycles. The van der Waals surface area contributed by atoms with Gasteiger partial charge in [0.05, 0.1) is 13.7 Å². The topological polar surface area (TPSA) is 173 Å². The molecule has 0 radical (unpaired) electrons. The summed E-state index contributed by atoms with van der Waals surface area (Å²) in [5, 5.41) is 0. The van der Waals surface area contributed by atoms with Gasteiger partial charge >= 0.3 is 19.5 Å². The number of benzene rings is 3. The van der Waals surface area contributed by atoms with Crippen LogP contribution in [0.3, 0.4) is 0 Å². The van der Waals surface area contributed by atoms with Gasteiger partial charge < -0.3 is 19.1 Å². The van der Waals surface area contributed by atoms with Crippen molar-refractivity contribution in [3.05, 3.63) is 126 Å². The molecule has 0 saturated carbocycles. The lowest BCUT2D eigenvalue weighted by Gasteiger charge is -2.34. The van der Waals surface area contributed by atoms with Crippen LogP contribution in [0.15, 0.2) is 104 Å². The summed E-state index contributed by atoms with van der Waals surface area (Å²) in [6, 6.07) is 29.9. The maximum absolute atomic E-state index is 13.1. The SMILES string of the molecule is C=C(CCOCP(=O)(O)OC(C(=O)OC(C)(C)C)C(=O)OC(C)(C)C)n1cnc2c(NOC)nc(C(c3ccccc3)(c3ccccc3)c3ccccc3)nc21. The summed E-state index contributed by atoms with van der Waals surface area (Å²) in [6.45, 7) is 13.7. The Morgan fingerprint density at radius 1 is 0.821 bits per heavy atom. The number of nitrogens with one attached hydrogen (secondary N) is 1. The first-order valence-corrected chi connectivity index (χ1v) is 19.6. The first-order chi connectivity index (χ1) is 26.4. The van der Waals surface area contributed by atoms with E-state index < -0.39 is 48.6 Å². The molecule has 0 spiro atoms. The predicted octanol–water partition coefficient (Wildman–Crippen LogP) is 7.27. The highest BCUT2D eigenvalue weighted by atomic mass is 31.2. The number of hydrogen-bond acceptors (Lipinski definition) is 12. The van der Waals surface area contributed by atoms with Crippen LogP contribution in [-0.4, -0.2) is 73.7 Å². The second-order valence-corrected chi connectivity index (χ2v) is 16.6. The molecule has 0 aliphatic rings. The van der Waals surface area contributed by atoms with Gasteiger partial charge in [0, 0.05) is 12.1 Å². The zero-order chi connectivity index (χ0) is 40.7. The third kappa shape index (κ3) is 9.94. The van der Waals surface area contributed by atoms with Crippen LogP contribution in [0.4, 0.5) is 5.82 Å². The smallest absolute Gasteiger partial charge is 0.354 e. The summed E-state index contributed by atoms with van der Waals surface area (Å²) < 4.78 is 36.0. The Kier molecular flexibility index (Phi) is 12.9. The van der Waals surface area contributed by atoms with E-state index in [0.717, 1.165) is 16.7 Å². The number of hydrogen-bond donors (Lipinski definition) is 2. The van der Waals surface area contributed by atoms with E-state index in [2.05, 4.69) is 17.0 Å². The van der Waals surface area contributed by atoms with Crippen LogP contribution in [0, 0.1) is 0 Å². The maximum Gasteiger partial charge on any atom is 0.354 e. The summed E-state index contributed by atoms with van der Waals surface area (Å²) >= 11 is 0. The molecule has 2 heterocycles. The molecule has 5 rings (SSSR count). The van der Waals surface area contributed by atoms with Crippen molar-refractivity contribution >= 4 is 42.2 Å². The first-order valence-electron chi connectivity index (χ1n) is 17.9. The quantitative estimate of drug-likeness (QED) is 0.0256. The molecular formula is C41H48N5O9P. The molecule has 3 aromatic carbocycles. The fraction of sp³-hybridized carbons (Fsp3) is 0.341. The maximum atomic E-state index is 13.1. The molecule has 0 aliphatic carbocycles. The van der Waals surface area contributed by atoms with Crippen LogP contribution in [0.5, 0.6) is 0 Å². The lowest BCUT2D eigenvalue weighted by Crippen LogP contribution is -2.42. The number of carbonyl (C=O) groups excluding carboxylic acids is 2. The summed E-state index contributed by atoms with van der Waals surface area (Å²) in [7, 11) is -3.21. The number of ether oxygens (including phenoxy) is 3.